The molecule has 0 aromatic carbocycles. The van der Waals surface area contributed by atoms with E-state index in [1.54, 1.807) is 12.3 Å². The summed E-state index contributed by atoms with van der Waals surface area (Å²) in [6.07, 6.45) is 7.40. The molecule has 4 nitrogen and oxygen atoms in total. The van der Waals surface area contributed by atoms with E-state index in [0.29, 0.717) is 0 Å². The zero-order valence-corrected chi connectivity index (χ0v) is 13.2. The highest BCUT2D eigenvalue weighted by Crippen LogP contribution is 2.15. The lowest BCUT2D eigenvalue weighted by molar-refractivity contribution is -0.127. The summed E-state index contributed by atoms with van der Waals surface area (Å²) in [6.45, 7) is 10.6. The highest BCUT2D eigenvalue weighted by Gasteiger charge is 2.20. The average molecular weight is 287 g/mol. The van der Waals surface area contributed by atoms with Crippen molar-refractivity contribution in [2.24, 2.45) is 5.41 Å². The van der Waals surface area contributed by atoms with Crippen LogP contribution in [-0.2, 0) is 11.3 Å². The van der Waals surface area contributed by atoms with Crippen LogP contribution >= 0.6 is 0 Å². The lowest BCUT2D eigenvalue weighted by Crippen LogP contribution is -2.47. The van der Waals surface area contributed by atoms with Gasteiger partial charge in [0, 0.05) is 45.1 Å². The molecule has 1 saturated heterocycles. The first kappa shape index (κ1) is 15.7. The van der Waals surface area contributed by atoms with Crippen LogP contribution in [0.5, 0.6) is 0 Å². The first-order valence-electron chi connectivity index (χ1n) is 7.53. The van der Waals surface area contributed by atoms with Gasteiger partial charge in [0.15, 0.2) is 0 Å². The standard InChI is InChI=1S/C17H25N3O/c1-17(2,3)7-6-16(21)20-11-9-19(10-12-20)14-15-5-4-8-18-13-15/h4-8,13H,9-12,14H2,1-3H3/b7-6-. The van der Waals surface area contributed by atoms with Crippen LogP contribution in [0, 0.1) is 5.41 Å². The van der Waals surface area contributed by atoms with Crippen molar-refractivity contribution in [3.05, 3.63) is 42.2 Å². The third kappa shape index (κ3) is 5.31. The normalized spacial score (nSPS) is 17.4. The second-order valence-electron chi connectivity index (χ2n) is 6.66. The van der Waals surface area contributed by atoms with Crippen molar-refractivity contribution < 1.29 is 4.79 Å². The van der Waals surface area contributed by atoms with Gasteiger partial charge in [-0.25, -0.2) is 0 Å². The largest absolute Gasteiger partial charge is 0.337 e. The summed E-state index contributed by atoms with van der Waals surface area (Å²) in [5, 5.41) is 0. The molecule has 2 rings (SSSR count). The molecule has 1 aromatic rings. The second-order valence-corrected chi connectivity index (χ2v) is 6.66. The third-order valence-corrected chi connectivity index (χ3v) is 3.54. The minimum absolute atomic E-state index is 0.0534. The molecule has 0 saturated carbocycles. The third-order valence-electron chi connectivity index (χ3n) is 3.54. The van der Waals surface area contributed by atoms with Crippen LogP contribution in [0.4, 0.5) is 0 Å². The molecule has 0 spiro atoms. The van der Waals surface area contributed by atoms with E-state index in [-0.39, 0.29) is 11.3 Å². The number of carbonyl (C=O) groups is 1. The molecule has 1 fully saturated rings. The number of aromatic nitrogens is 1. The lowest BCUT2D eigenvalue weighted by atomic mass is 9.96. The van der Waals surface area contributed by atoms with Crippen molar-refractivity contribution in [2.75, 3.05) is 26.2 Å². The van der Waals surface area contributed by atoms with Gasteiger partial charge in [0.25, 0.3) is 0 Å². The molecule has 1 aromatic heterocycles. The average Bonchev–Trinajstić information content (AvgIpc) is 2.46. The summed E-state index contributed by atoms with van der Waals surface area (Å²) in [6, 6.07) is 4.06. The number of carbonyl (C=O) groups excluding carboxylic acids is 1. The maximum absolute atomic E-state index is 12.1. The van der Waals surface area contributed by atoms with Crippen molar-refractivity contribution in [3.63, 3.8) is 0 Å². The molecule has 0 aliphatic carbocycles. The Hall–Kier alpha value is -1.68. The monoisotopic (exact) mass is 287 g/mol. The predicted molar refractivity (Wildman–Crippen MR) is 84.7 cm³/mol. The molecule has 0 bridgehead atoms. The van der Waals surface area contributed by atoms with Gasteiger partial charge < -0.3 is 4.90 Å². The van der Waals surface area contributed by atoms with E-state index in [0.717, 1.165) is 32.7 Å². The molecule has 0 radical (unpaired) electrons. The zero-order valence-electron chi connectivity index (χ0n) is 13.2. The number of piperazine rings is 1. The fourth-order valence-electron chi connectivity index (χ4n) is 2.30. The molecule has 4 heteroatoms. The van der Waals surface area contributed by atoms with Crippen LogP contribution in [0.15, 0.2) is 36.7 Å². The number of allylic oxidation sites excluding steroid dienone is 1. The minimum Gasteiger partial charge on any atom is -0.337 e. The Bertz CT molecular complexity index is 483. The van der Waals surface area contributed by atoms with Crippen LogP contribution in [0.25, 0.3) is 0 Å². The second kappa shape index (κ2) is 6.85. The fraction of sp³-hybridized carbons (Fsp3) is 0.529. The van der Waals surface area contributed by atoms with E-state index in [1.807, 2.05) is 23.2 Å². The van der Waals surface area contributed by atoms with Crippen LogP contribution in [0.2, 0.25) is 0 Å². The van der Waals surface area contributed by atoms with Crippen LogP contribution < -0.4 is 0 Å². The van der Waals surface area contributed by atoms with Crippen molar-refractivity contribution in [1.29, 1.82) is 0 Å². The molecular formula is C17H25N3O. The number of nitrogens with zero attached hydrogens (tertiary/aromatic N) is 3. The summed E-state index contributed by atoms with van der Waals surface area (Å²) in [5.41, 5.74) is 1.28. The van der Waals surface area contributed by atoms with Crippen molar-refractivity contribution in [3.8, 4) is 0 Å². The molecule has 2 heterocycles. The molecule has 1 aliphatic rings. The Morgan fingerprint density at radius 1 is 1.29 bits per heavy atom. The van der Waals surface area contributed by atoms with Gasteiger partial charge >= 0.3 is 0 Å². The van der Waals surface area contributed by atoms with Crippen molar-refractivity contribution in [2.45, 2.75) is 27.3 Å². The van der Waals surface area contributed by atoms with E-state index in [2.05, 4.69) is 36.7 Å². The number of rotatable bonds is 3. The van der Waals surface area contributed by atoms with E-state index in [4.69, 9.17) is 0 Å². The lowest BCUT2D eigenvalue weighted by Gasteiger charge is -2.34. The molecule has 21 heavy (non-hydrogen) atoms. The molecule has 1 aliphatic heterocycles. The van der Waals surface area contributed by atoms with Crippen LogP contribution in [0.3, 0.4) is 0 Å². The molecule has 114 valence electrons. The number of amides is 1. The van der Waals surface area contributed by atoms with E-state index in [9.17, 15) is 4.79 Å². The zero-order chi connectivity index (χ0) is 15.3. The summed E-state index contributed by atoms with van der Waals surface area (Å²) in [4.78, 5) is 20.6. The van der Waals surface area contributed by atoms with E-state index >= 15 is 0 Å². The van der Waals surface area contributed by atoms with Gasteiger partial charge in [0.05, 0.1) is 0 Å². The fourth-order valence-corrected chi connectivity index (χ4v) is 2.30. The summed E-state index contributed by atoms with van der Waals surface area (Å²) >= 11 is 0. The van der Waals surface area contributed by atoms with E-state index < -0.39 is 0 Å². The van der Waals surface area contributed by atoms with Gasteiger partial charge in [-0.15, -0.1) is 0 Å². The highest BCUT2D eigenvalue weighted by molar-refractivity contribution is 5.87. The molecule has 0 unspecified atom stereocenters. The smallest absolute Gasteiger partial charge is 0.246 e. The van der Waals surface area contributed by atoms with Crippen LogP contribution in [-0.4, -0.2) is 46.9 Å². The number of hydrogen-bond acceptors (Lipinski definition) is 3. The van der Waals surface area contributed by atoms with Gasteiger partial charge in [0.1, 0.15) is 0 Å². The topological polar surface area (TPSA) is 36.4 Å². The van der Waals surface area contributed by atoms with Crippen molar-refractivity contribution >= 4 is 5.91 Å². The Labute approximate surface area is 127 Å². The molecule has 0 atom stereocenters. The Balaban J connectivity index is 1.80. The first-order chi connectivity index (χ1) is 9.94. The van der Waals surface area contributed by atoms with Gasteiger partial charge in [-0.05, 0) is 23.1 Å². The van der Waals surface area contributed by atoms with Gasteiger partial charge in [-0.2, -0.15) is 0 Å². The number of hydrogen-bond donors (Lipinski definition) is 0. The van der Waals surface area contributed by atoms with Crippen molar-refractivity contribution in [1.82, 2.24) is 14.8 Å². The number of pyridine rings is 1. The maximum atomic E-state index is 12.1. The Kier molecular flexibility index (Phi) is 5.12. The SMILES string of the molecule is CC(C)(C)/C=C\C(=O)N1CCN(Cc2cccnc2)CC1. The first-order valence-corrected chi connectivity index (χ1v) is 7.53. The van der Waals surface area contributed by atoms with E-state index in [1.165, 1.54) is 5.56 Å². The summed E-state index contributed by atoms with van der Waals surface area (Å²) < 4.78 is 0. The quantitative estimate of drug-likeness (QED) is 0.801. The maximum Gasteiger partial charge on any atom is 0.246 e. The Morgan fingerprint density at radius 2 is 2.00 bits per heavy atom. The summed E-state index contributed by atoms with van der Waals surface area (Å²) in [7, 11) is 0. The highest BCUT2D eigenvalue weighted by atomic mass is 16.2. The summed E-state index contributed by atoms with van der Waals surface area (Å²) in [5.74, 6) is 0.131. The molecule has 0 N–H and O–H groups in total. The van der Waals surface area contributed by atoms with Gasteiger partial charge in [0.2, 0.25) is 5.91 Å². The predicted octanol–water partition coefficient (Wildman–Crippen LogP) is 2.33. The van der Waals surface area contributed by atoms with Crippen LogP contribution in [0.1, 0.15) is 26.3 Å². The minimum atomic E-state index is 0.0534. The van der Waals surface area contributed by atoms with Gasteiger partial charge in [-0.3, -0.25) is 14.7 Å². The van der Waals surface area contributed by atoms with Gasteiger partial charge in [-0.1, -0.05) is 32.9 Å². The molecule has 1 amide bonds. The molecular weight excluding hydrogens is 262 g/mol. The Morgan fingerprint density at radius 3 is 2.57 bits per heavy atom.